The van der Waals surface area contributed by atoms with E-state index in [-0.39, 0.29) is 17.7 Å². The summed E-state index contributed by atoms with van der Waals surface area (Å²) in [6.45, 7) is 1.86. The molecular formula is C13H20N2O4S. The molecule has 0 fully saturated rings. The Labute approximate surface area is 118 Å². The molecule has 0 amide bonds. The average Bonchev–Trinajstić information content (AvgIpc) is 2.38. The van der Waals surface area contributed by atoms with Gasteiger partial charge in [-0.25, -0.2) is 8.42 Å². The number of aliphatic carboxylic acids is 1. The maximum Gasteiger partial charge on any atom is 0.320 e. The van der Waals surface area contributed by atoms with Crippen molar-refractivity contribution in [3.05, 3.63) is 29.8 Å². The standard InChI is InChI=1S/C13H20N2O4S/c1-9-5-7-10(8-6-9)20(18,19)12(15)4-2-3-11(14)13(16)17/h5-8,11-12H,2-4,14-15H2,1H3,(H,16,17)/t11-,12?/m0/s1. The monoisotopic (exact) mass is 300 g/mol. The van der Waals surface area contributed by atoms with Gasteiger partial charge in [0.25, 0.3) is 0 Å². The highest BCUT2D eigenvalue weighted by molar-refractivity contribution is 7.92. The molecule has 0 bridgehead atoms. The first-order valence-electron chi connectivity index (χ1n) is 6.29. The van der Waals surface area contributed by atoms with Crippen LogP contribution < -0.4 is 11.5 Å². The van der Waals surface area contributed by atoms with Crippen molar-refractivity contribution in [3.63, 3.8) is 0 Å². The highest BCUT2D eigenvalue weighted by atomic mass is 32.2. The summed E-state index contributed by atoms with van der Waals surface area (Å²) >= 11 is 0. The number of carbonyl (C=O) groups is 1. The molecule has 5 N–H and O–H groups in total. The lowest BCUT2D eigenvalue weighted by Crippen LogP contribution is -2.33. The summed E-state index contributed by atoms with van der Waals surface area (Å²) in [5.41, 5.74) is 12.0. The predicted molar refractivity (Wildman–Crippen MR) is 75.8 cm³/mol. The van der Waals surface area contributed by atoms with Crippen LogP contribution in [0.1, 0.15) is 24.8 Å². The topological polar surface area (TPSA) is 123 Å². The first kappa shape index (κ1) is 16.6. The van der Waals surface area contributed by atoms with E-state index in [0.29, 0.717) is 6.42 Å². The summed E-state index contributed by atoms with van der Waals surface area (Å²) in [5.74, 6) is -1.10. The zero-order valence-electron chi connectivity index (χ0n) is 11.3. The first-order valence-corrected chi connectivity index (χ1v) is 7.84. The van der Waals surface area contributed by atoms with Crippen molar-refractivity contribution < 1.29 is 18.3 Å². The zero-order chi connectivity index (χ0) is 15.3. The van der Waals surface area contributed by atoms with Gasteiger partial charge in [-0.05, 0) is 38.3 Å². The second kappa shape index (κ2) is 6.83. The second-order valence-electron chi connectivity index (χ2n) is 4.77. The number of nitrogens with two attached hydrogens (primary N) is 2. The number of benzene rings is 1. The molecule has 0 saturated heterocycles. The quantitative estimate of drug-likeness (QED) is 0.678. The lowest BCUT2D eigenvalue weighted by molar-refractivity contribution is -0.138. The summed E-state index contributed by atoms with van der Waals surface area (Å²) < 4.78 is 24.4. The van der Waals surface area contributed by atoms with Gasteiger partial charge in [0, 0.05) is 0 Å². The van der Waals surface area contributed by atoms with Crippen molar-refractivity contribution >= 4 is 15.8 Å². The van der Waals surface area contributed by atoms with Crippen LogP contribution in [0.4, 0.5) is 0 Å². The second-order valence-corrected chi connectivity index (χ2v) is 6.94. The molecule has 1 unspecified atom stereocenters. The van der Waals surface area contributed by atoms with Gasteiger partial charge in [-0.15, -0.1) is 0 Å². The van der Waals surface area contributed by atoms with Crippen LogP contribution in [0.25, 0.3) is 0 Å². The molecular weight excluding hydrogens is 280 g/mol. The maximum absolute atomic E-state index is 12.2. The van der Waals surface area contributed by atoms with Gasteiger partial charge in [0.2, 0.25) is 0 Å². The molecule has 7 heteroatoms. The van der Waals surface area contributed by atoms with Crippen molar-refractivity contribution in [3.8, 4) is 0 Å². The van der Waals surface area contributed by atoms with Crippen molar-refractivity contribution in [1.29, 1.82) is 0 Å². The normalized spacial score (nSPS) is 14.8. The number of aryl methyl sites for hydroxylation is 1. The van der Waals surface area contributed by atoms with E-state index in [0.717, 1.165) is 5.56 Å². The smallest absolute Gasteiger partial charge is 0.320 e. The first-order chi connectivity index (χ1) is 9.25. The zero-order valence-corrected chi connectivity index (χ0v) is 12.1. The van der Waals surface area contributed by atoms with Crippen LogP contribution in [-0.2, 0) is 14.6 Å². The van der Waals surface area contributed by atoms with E-state index in [4.69, 9.17) is 16.6 Å². The minimum absolute atomic E-state index is 0.178. The third-order valence-corrected chi connectivity index (χ3v) is 5.03. The molecule has 1 rings (SSSR count). The molecule has 0 aliphatic heterocycles. The number of hydrogen-bond donors (Lipinski definition) is 3. The van der Waals surface area contributed by atoms with Crippen LogP contribution in [0.5, 0.6) is 0 Å². The summed E-state index contributed by atoms with van der Waals surface area (Å²) in [6.07, 6.45) is 0.726. The number of carboxylic acid groups (broad SMARTS) is 1. The summed E-state index contributed by atoms with van der Waals surface area (Å²) in [5, 5.41) is 7.59. The van der Waals surface area contributed by atoms with Gasteiger partial charge < -0.3 is 16.6 Å². The van der Waals surface area contributed by atoms with Crippen molar-refractivity contribution in [1.82, 2.24) is 0 Å². The molecule has 6 nitrogen and oxygen atoms in total. The largest absolute Gasteiger partial charge is 0.480 e. The molecule has 1 aromatic rings. The van der Waals surface area contributed by atoms with Crippen LogP contribution in [0.15, 0.2) is 29.2 Å². The maximum atomic E-state index is 12.2. The number of carboxylic acids is 1. The lowest BCUT2D eigenvalue weighted by atomic mass is 10.1. The third-order valence-electron chi connectivity index (χ3n) is 3.07. The number of sulfone groups is 1. The molecule has 0 aliphatic rings. The van der Waals surface area contributed by atoms with E-state index >= 15 is 0 Å². The molecule has 0 heterocycles. The number of rotatable bonds is 7. The fourth-order valence-electron chi connectivity index (χ4n) is 1.72. The Hall–Kier alpha value is -1.44. The molecule has 0 saturated carbocycles. The highest BCUT2D eigenvalue weighted by Crippen LogP contribution is 2.17. The van der Waals surface area contributed by atoms with E-state index in [1.54, 1.807) is 12.1 Å². The summed E-state index contributed by atoms with van der Waals surface area (Å²) in [4.78, 5) is 10.7. The Morgan fingerprint density at radius 2 is 1.75 bits per heavy atom. The third kappa shape index (κ3) is 4.29. The summed E-state index contributed by atoms with van der Waals surface area (Å²) in [6, 6.07) is 5.48. The minimum atomic E-state index is -3.58. The Kier molecular flexibility index (Phi) is 5.67. The molecule has 0 aliphatic carbocycles. The van der Waals surface area contributed by atoms with Crippen molar-refractivity contribution in [2.24, 2.45) is 11.5 Å². The molecule has 112 valence electrons. The van der Waals surface area contributed by atoms with E-state index < -0.39 is 27.2 Å². The van der Waals surface area contributed by atoms with Gasteiger partial charge in [0.1, 0.15) is 11.4 Å². The number of hydrogen-bond acceptors (Lipinski definition) is 5. The molecule has 0 radical (unpaired) electrons. The van der Waals surface area contributed by atoms with Crippen LogP contribution >= 0.6 is 0 Å². The molecule has 20 heavy (non-hydrogen) atoms. The Balaban J connectivity index is 2.64. The van der Waals surface area contributed by atoms with Gasteiger partial charge in [0.15, 0.2) is 9.84 Å². The Morgan fingerprint density at radius 3 is 2.25 bits per heavy atom. The molecule has 0 aromatic heterocycles. The van der Waals surface area contributed by atoms with Crippen LogP contribution in [0.2, 0.25) is 0 Å². The van der Waals surface area contributed by atoms with Gasteiger partial charge in [-0.1, -0.05) is 17.7 Å². The van der Waals surface area contributed by atoms with Crippen LogP contribution in [0, 0.1) is 6.92 Å². The van der Waals surface area contributed by atoms with E-state index in [9.17, 15) is 13.2 Å². The van der Waals surface area contributed by atoms with E-state index in [2.05, 4.69) is 0 Å². The average molecular weight is 300 g/mol. The van der Waals surface area contributed by atoms with Crippen LogP contribution in [0.3, 0.4) is 0 Å². The van der Waals surface area contributed by atoms with E-state index in [1.165, 1.54) is 12.1 Å². The van der Waals surface area contributed by atoms with Crippen molar-refractivity contribution in [2.75, 3.05) is 0 Å². The van der Waals surface area contributed by atoms with E-state index in [1.807, 2.05) is 6.92 Å². The van der Waals surface area contributed by atoms with Crippen molar-refractivity contribution in [2.45, 2.75) is 42.5 Å². The minimum Gasteiger partial charge on any atom is -0.480 e. The highest BCUT2D eigenvalue weighted by Gasteiger charge is 2.24. The predicted octanol–water partition coefficient (Wildman–Crippen LogP) is 0.636. The molecule has 2 atom stereocenters. The summed E-state index contributed by atoms with van der Waals surface area (Å²) in [7, 11) is -3.58. The lowest BCUT2D eigenvalue weighted by Gasteiger charge is -2.14. The SMILES string of the molecule is Cc1ccc(S(=O)(=O)C(N)CCC[C@H](N)C(=O)O)cc1. The van der Waals surface area contributed by atoms with Gasteiger partial charge in [-0.2, -0.15) is 0 Å². The Morgan fingerprint density at radius 1 is 1.20 bits per heavy atom. The molecule has 1 aromatic carbocycles. The fraction of sp³-hybridized carbons (Fsp3) is 0.462. The fourth-order valence-corrected chi connectivity index (χ4v) is 3.06. The van der Waals surface area contributed by atoms with Gasteiger partial charge in [-0.3, -0.25) is 4.79 Å². The Bertz CT molecular complexity index is 554. The molecule has 0 spiro atoms. The van der Waals surface area contributed by atoms with Gasteiger partial charge >= 0.3 is 5.97 Å². The van der Waals surface area contributed by atoms with Gasteiger partial charge in [0.05, 0.1) is 4.90 Å². The van der Waals surface area contributed by atoms with Crippen LogP contribution in [-0.4, -0.2) is 30.9 Å².